The molecule has 1 rings (SSSR count). The van der Waals surface area contributed by atoms with Crippen LogP contribution in [0.4, 0.5) is 0 Å². The lowest BCUT2D eigenvalue weighted by molar-refractivity contribution is 0.0692. The summed E-state index contributed by atoms with van der Waals surface area (Å²) in [6.45, 7) is 5.93. The van der Waals surface area contributed by atoms with E-state index in [-0.39, 0.29) is 11.9 Å². The maximum Gasteiger partial charge on any atom is 0.270 e. The van der Waals surface area contributed by atoms with Gasteiger partial charge in [-0.3, -0.25) is 4.79 Å². The SMILES string of the molecule is CC(O)CN(C)C(=O)c1cc(Cl)cn1C(C)C. The molecule has 96 valence electrons. The molecule has 0 spiro atoms. The van der Waals surface area contributed by atoms with Crippen molar-refractivity contribution in [3.8, 4) is 0 Å². The molecule has 0 aliphatic rings. The molecule has 1 atom stereocenters. The zero-order valence-electron chi connectivity index (χ0n) is 10.6. The van der Waals surface area contributed by atoms with E-state index in [0.717, 1.165) is 0 Å². The van der Waals surface area contributed by atoms with Crippen molar-refractivity contribution in [2.75, 3.05) is 13.6 Å². The number of halogens is 1. The third kappa shape index (κ3) is 3.48. The number of amides is 1. The number of aliphatic hydroxyl groups excluding tert-OH is 1. The van der Waals surface area contributed by atoms with Crippen molar-refractivity contribution in [2.45, 2.75) is 32.9 Å². The molecule has 0 radical (unpaired) electrons. The van der Waals surface area contributed by atoms with Crippen LogP contribution < -0.4 is 0 Å². The van der Waals surface area contributed by atoms with E-state index in [1.807, 2.05) is 18.4 Å². The second-order valence-electron chi connectivity index (χ2n) is 4.58. The molecule has 0 aliphatic heterocycles. The summed E-state index contributed by atoms with van der Waals surface area (Å²) in [6.07, 6.45) is 1.21. The first kappa shape index (κ1) is 14.1. The van der Waals surface area contributed by atoms with Crippen LogP contribution in [-0.4, -0.2) is 40.2 Å². The zero-order valence-corrected chi connectivity index (χ0v) is 11.4. The number of aromatic nitrogens is 1. The van der Waals surface area contributed by atoms with Crippen LogP contribution in [0, 0.1) is 0 Å². The number of carbonyl (C=O) groups is 1. The summed E-state index contributed by atoms with van der Waals surface area (Å²) >= 11 is 5.92. The number of nitrogens with zero attached hydrogens (tertiary/aromatic N) is 2. The fourth-order valence-electron chi connectivity index (χ4n) is 1.72. The average molecular weight is 259 g/mol. The van der Waals surface area contributed by atoms with Crippen molar-refractivity contribution >= 4 is 17.5 Å². The molecule has 0 bridgehead atoms. The summed E-state index contributed by atoms with van der Waals surface area (Å²) in [7, 11) is 1.67. The monoisotopic (exact) mass is 258 g/mol. The van der Waals surface area contributed by atoms with E-state index < -0.39 is 6.10 Å². The van der Waals surface area contributed by atoms with Crippen LogP contribution in [0.1, 0.15) is 37.3 Å². The van der Waals surface area contributed by atoms with Crippen molar-refractivity contribution in [2.24, 2.45) is 0 Å². The average Bonchev–Trinajstić information content (AvgIpc) is 2.58. The molecule has 1 heterocycles. The Morgan fingerprint density at radius 1 is 1.53 bits per heavy atom. The van der Waals surface area contributed by atoms with Crippen LogP contribution in [0.2, 0.25) is 5.02 Å². The van der Waals surface area contributed by atoms with Gasteiger partial charge in [-0.15, -0.1) is 0 Å². The molecule has 0 saturated carbocycles. The van der Waals surface area contributed by atoms with Crippen molar-refractivity contribution in [3.05, 3.63) is 23.0 Å². The Morgan fingerprint density at radius 2 is 2.12 bits per heavy atom. The van der Waals surface area contributed by atoms with Gasteiger partial charge in [0.2, 0.25) is 0 Å². The smallest absolute Gasteiger partial charge is 0.270 e. The van der Waals surface area contributed by atoms with E-state index in [1.165, 1.54) is 4.90 Å². The Balaban J connectivity index is 2.95. The highest BCUT2D eigenvalue weighted by molar-refractivity contribution is 6.31. The van der Waals surface area contributed by atoms with Gasteiger partial charge < -0.3 is 14.6 Å². The summed E-state index contributed by atoms with van der Waals surface area (Å²) in [5.41, 5.74) is 0.549. The Kier molecular flexibility index (Phi) is 4.60. The van der Waals surface area contributed by atoms with E-state index in [4.69, 9.17) is 11.6 Å². The zero-order chi connectivity index (χ0) is 13.2. The van der Waals surface area contributed by atoms with Gasteiger partial charge in [-0.25, -0.2) is 0 Å². The van der Waals surface area contributed by atoms with Crippen LogP contribution in [0.25, 0.3) is 0 Å². The van der Waals surface area contributed by atoms with Crippen LogP contribution >= 0.6 is 11.6 Å². The van der Waals surface area contributed by atoms with Crippen LogP contribution in [0.5, 0.6) is 0 Å². The van der Waals surface area contributed by atoms with Gasteiger partial charge in [-0.1, -0.05) is 11.6 Å². The van der Waals surface area contributed by atoms with Gasteiger partial charge in [0.15, 0.2) is 0 Å². The van der Waals surface area contributed by atoms with Gasteiger partial charge in [-0.2, -0.15) is 0 Å². The standard InChI is InChI=1S/C12H19ClN2O2/c1-8(2)15-7-10(13)5-11(15)12(17)14(4)6-9(3)16/h5,7-9,16H,6H2,1-4H3. The second-order valence-corrected chi connectivity index (χ2v) is 5.02. The molecule has 5 heteroatoms. The molecule has 0 aliphatic carbocycles. The Hall–Kier alpha value is -1.00. The van der Waals surface area contributed by atoms with Crippen LogP contribution in [0.15, 0.2) is 12.3 Å². The molecule has 17 heavy (non-hydrogen) atoms. The highest BCUT2D eigenvalue weighted by Crippen LogP contribution is 2.20. The minimum atomic E-state index is -0.540. The highest BCUT2D eigenvalue weighted by Gasteiger charge is 2.19. The van der Waals surface area contributed by atoms with E-state index in [2.05, 4.69) is 0 Å². The quantitative estimate of drug-likeness (QED) is 0.900. The molecule has 4 nitrogen and oxygen atoms in total. The van der Waals surface area contributed by atoms with Gasteiger partial charge in [0.1, 0.15) is 5.69 Å². The lowest BCUT2D eigenvalue weighted by atomic mass is 10.3. The molecule has 0 aromatic carbocycles. The summed E-state index contributed by atoms with van der Waals surface area (Å²) in [5.74, 6) is -0.133. The molecular weight excluding hydrogens is 240 g/mol. The maximum atomic E-state index is 12.2. The highest BCUT2D eigenvalue weighted by atomic mass is 35.5. The lowest BCUT2D eigenvalue weighted by Crippen LogP contribution is -2.34. The topological polar surface area (TPSA) is 45.5 Å². The number of aliphatic hydroxyl groups is 1. The molecule has 1 amide bonds. The fourth-order valence-corrected chi connectivity index (χ4v) is 1.93. The molecule has 1 aromatic heterocycles. The maximum absolute atomic E-state index is 12.2. The molecule has 0 fully saturated rings. The van der Waals surface area contributed by atoms with Gasteiger partial charge in [0.05, 0.1) is 11.1 Å². The van der Waals surface area contributed by atoms with Gasteiger partial charge >= 0.3 is 0 Å². The van der Waals surface area contributed by atoms with E-state index >= 15 is 0 Å². The number of hydrogen-bond donors (Lipinski definition) is 1. The summed E-state index contributed by atoms with van der Waals surface area (Å²) < 4.78 is 1.84. The Bertz CT molecular complexity index is 399. The number of hydrogen-bond acceptors (Lipinski definition) is 2. The largest absolute Gasteiger partial charge is 0.392 e. The van der Waals surface area contributed by atoms with E-state index in [0.29, 0.717) is 17.3 Å². The first-order valence-electron chi connectivity index (χ1n) is 5.63. The predicted octanol–water partition coefficient (Wildman–Crippen LogP) is 2.18. The van der Waals surface area contributed by atoms with E-state index in [9.17, 15) is 9.90 Å². The second kappa shape index (κ2) is 5.56. The molecule has 1 aromatic rings. The number of carbonyl (C=O) groups excluding carboxylic acids is 1. The molecule has 1 unspecified atom stereocenters. The summed E-state index contributed by atoms with van der Waals surface area (Å²) in [6, 6.07) is 1.82. The van der Waals surface area contributed by atoms with Crippen LogP contribution in [0.3, 0.4) is 0 Å². The number of likely N-dealkylation sites (N-methyl/N-ethyl adjacent to an activating group) is 1. The predicted molar refractivity (Wildman–Crippen MR) is 68.5 cm³/mol. The first-order chi connectivity index (χ1) is 7.82. The van der Waals surface area contributed by atoms with Gasteiger partial charge in [0.25, 0.3) is 5.91 Å². The molecule has 0 saturated heterocycles. The fraction of sp³-hybridized carbons (Fsp3) is 0.583. The first-order valence-corrected chi connectivity index (χ1v) is 6.01. The van der Waals surface area contributed by atoms with Crippen LogP contribution in [-0.2, 0) is 0 Å². The minimum Gasteiger partial charge on any atom is -0.392 e. The normalized spacial score (nSPS) is 12.9. The van der Waals surface area contributed by atoms with Crippen molar-refractivity contribution in [1.29, 1.82) is 0 Å². The Labute approximate surface area is 107 Å². The van der Waals surface area contributed by atoms with Gasteiger partial charge in [0, 0.05) is 25.8 Å². The summed E-state index contributed by atoms with van der Waals surface area (Å²) in [4.78, 5) is 13.6. The van der Waals surface area contributed by atoms with Crippen molar-refractivity contribution in [1.82, 2.24) is 9.47 Å². The Morgan fingerprint density at radius 3 is 2.59 bits per heavy atom. The molecular formula is C12H19ClN2O2. The lowest BCUT2D eigenvalue weighted by Gasteiger charge is -2.20. The third-order valence-corrected chi connectivity index (χ3v) is 2.68. The number of rotatable bonds is 4. The minimum absolute atomic E-state index is 0.133. The van der Waals surface area contributed by atoms with Crippen molar-refractivity contribution in [3.63, 3.8) is 0 Å². The van der Waals surface area contributed by atoms with E-state index in [1.54, 1.807) is 26.2 Å². The van der Waals surface area contributed by atoms with Gasteiger partial charge in [-0.05, 0) is 26.8 Å². The molecule has 1 N–H and O–H groups in total. The third-order valence-electron chi connectivity index (χ3n) is 2.48. The van der Waals surface area contributed by atoms with Crippen molar-refractivity contribution < 1.29 is 9.90 Å². The summed E-state index contributed by atoms with van der Waals surface area (Å²) in [5, 5.41) is 9.82.